The number of nitrogens with zero attached hydrogens (tertiary/aromatic N) is 3. The van der Waals surface area contributed by atoms with Gasteiger partial charge in [-0.3, -0.25) is 4.79 Å². The second-order valence-corrected chi connectivity index (χ2v) is 5.53. The Hall–Kier alpha value is -2.89. The lowest BCUT2D eigenvalue weighted by Crippen LogP contribution is -2.05. The number of methoxy groups -OCH3 is 1. The first kappa shape index (κ1) is 16.0. The van der Waals surface area contributed by atoms with Crippen LogP contribution in [0.4, 0.5) is 0 Å². The Morgan fingerprint density at radius 1 is 1.21 bits per heavy atom. The zero-order valence-electron chi connectivity index (χ0n) is 13.7. The van der Waals surface area contributed by atoms with Crippen LogP contribution in [-0.4, -0.2) is 33.2 Å². The summed E-state index contributed by atoms with van der Waals surface area (Å²) in [5.74, 6) is -0.0924. The van der Waals surface area contributed by atoms with Crippen LogP contribution in [-0.2, 0) is 22.4 Å². The van der Waals surface area contributed by atoms with Gasteiger partial charge in [-0.2, -0.15) is 0 Å². The monoisotopic (exact) mass is 325 g/mol. The molecule has 1 aromatic heterocycles. The van der Waals surface area contributed by atoms with Gasteiger partial charge in [0.15, 0.2) is 0 Å². The molecule has 0 fully saturated rings. The fraction of sp³-hybridized carbons (Fsp3) is 0.278. The number of phenolic OH excluding ortho intramolecular Hbond substituents is 1. The van der Waals surface area contributed by atoms with E-state index in [1.165, 1.54) is 11.9 Å². The Morgan fingerprint density at radius 2 is 1.88 bits per heavy atom. The van der Waals surface area contributed by atoms with Crippen molar-refractivity contribution < 1.29 is 14.6 Å². The van der Waals surface area contributed by atoms with Crippen molar-refractivity contribution in [2.75, 3.05) is 7.11 Å². The number of aromatic nitrogens is 3. The van der Waals surface area contributed by atoms with Crippen LogP contribution in [0.2, 0.25) is 0 Å². The minimum atomic E-state index is -0.259. The van der Waals surface area contributed by atoms with Gasteiger partial charge < -0.3 is 9.84 Å². The topological polar surface area (TPSA) is 77.2 Å². The maximum Gasteiger partial charge on any atom is 0.305 e. The van der Waals surface area contributed by atoms with E-state index >= 15 is 0 Å². The van der Waals surface area contributed by atoms with Crippen molar-refractivity contribution in [2.45, 2.75) is 26.2 Å². The lowest BCUT2D eigenvalue weighted by Gasteiger charge is -2.11. The number of aromatic hydroxyl groups is 1. The number of aryl methyl sites for hydroxylation is 2. The molecule has 0 saturated heterocycles. The number of carbonyl (C=O) groups is 1. The molecule has 0 aliphatic rings. The highest BCUT2D eigenvalue weighted by Gasteiger charge is 2.14. The Bertz CT molecular complexity index is 853. The number of carbonyl (C=O) groups excluding carboxylic acids is 1. The van der Waals surface area contributed by atoms with Crippen LogP contribution >= 0.6 is 0 Å². The maximum atomic E-state index is 11.4. The van der Waals surface area contributed by atoms with Crippen LogP contribution in [0.15, 0.2) is 36.4 Å². The molecule has 3 rings (SSSR count). The minimum Gasteiger partial charge on any atom is -0.505 e. The summed E-state index contributed by atoms with van der Waals surface area (Å²) in [6.07, 6.45) is 1.50. The van der Waals surface area contributed by atoms with Crippen molar-refractivity contribution in [3.63, 3.8) is 0 Å². The second-order valence-electron chi connectivity index (χ2n) is 5.53. The smallest absolute Gasteiger partial charge is 0.305 e. The fourth-order valence-corrected chi connectivity index (χ4v) is 2.62. The Morgan fingerprint density at radius 3 is 2.46 bits per heavy atom. The lowest BCUT2D eigenvalue weighted by molar-refractivity contribution is -0.140. The average molecular weight is 325 g/mol. The van der Waals surface area contributed by atoms with Crippen LogP contribution in [0, 0.1) is 0 Å². The summed E-state index contributed by atoms with van der Waals surface area (Å²) < 4.78 is 4.69. The molecule has 24 heavy (non-hydrogen) atoms. The van der Waals surface area contributed by atoms with E-state index in [9.17, 15) is 9.90 Å². The first-order valence-electron chi connectivity index (χ1n) is 7.86. The van der Waals surface area contributed by atoms with Crippen LogP contribution in [0.3, 0.4) is 0 Å². The van der Waals surface area contributed by atoms with E-state index < -0.39 is 0 Å². The largest absolute Gasteiger partial charge is 0.505 e. The Balaban J connectivity index is 2.03. The highest BCUT2D eigenvalue weighted by Crippen LogP contribution is 2.29. The van der Waals surface area contributed by atoms with Crippen LogP contribution < -0.4 is 0 Å². The third-order valence-electron chi connectivity index (χ3n) is 3.96. The van der Waals surface area contributed by atoms with E-state index in [4.69, 9.17) is 0 Å². The molecule has 0 saturated carbocycles. The van der Waals surface area contributed by atoms with E-state index in [-0.39, 0.29) is 11.7 Å². The molecule has 0 radical (unpaired) electrons. The van der Waals surface area contributed by atoms with Gasteiger partial charge >= 0.3 is 5.97 Å². The number of hydrogen-bond acceptors (Lipinski definition) is 5. The predicted octanol–water partition coefficient (Wildman–Crippen LogP) is 2.79. The summed E-state index contributed by atoms with van der Waals surface area (Å²) in [6, 6.07) is 11.3. The van der Waals surface area contributed by atoms with E-state index in [0.29, 0.717) is 24.9 Å². The predicted molar refractivity (Wildman–Crippen MR) is 90.2 cm³/mol. The number of benzene rings is 2. The zero-order chi connectivity index (χ0) is 17.1. The molecule has 0 amide bonds. The number of hydrogen-bond donors (Lipinski definition) is 1. The summed E-state index contributed by atoms with van der Waals surface area (Å²) in [6.45, 7) is 1.97. The second kappa shape index (κ2) is 6.70. The molecular formula is C18H19N3O3. The summed E-state index contributed by atoms with van der Waals surface area (Å²) in [4.78, 5) is 12.8. The number of phenols is 1. The molecule has 1 N–H and O–H groups in total. The van der Waals surface area contributed by atoms with Gasteiger partial charge in [0.25, 0.3) is 0 Å². The van der Waals surface area contributed by atoms with Crippen molar-refractivity contribution in [1.82, 2.24) is 15.0 Å². The van der Waals surface area contributed by atoms with Gasteiger partial charge in [-0.25, -0.2) is 0 Å². The number of rotatable bonds is 5. The van der Waals surface area contributed by atoms with Gasteiger partial charge in [-0.1, -0.05) is 25.1 Å². The third-order valence-corrected chi connectivity index (χ3v) is 3.96. The van der Waals surface area contributed by atoms with E-state index in [2.05, 4.69) is 14.9 Å². The van der Waals surface area contributed by atoms with Gasteiger partial charge in [0.1, 0.15) is 22.5 Å². The molecule has 2 aromatic carbocycles. The normalized spacial score (nSPS) is 10.9. The van der Waals surface area contributed by atoms with Crippen molar-refractivity contribution in [1.29, 1.82) is 0 Å². The quantitative estimate of drug-likeness (QED) is 0.730. The van der Waals surface area contributed by atoms with Gasteiger partial charge in [0.05, 0.1) is 7.11 Å². The standard InChI is InChI=1S/C18H19N3O3/c1-3-13-10-12(8-9-17(22)24-2)11-16(18(13)23)21-19-14-6-4-5-7-15(14)20-21/h4-7,10-11,23H,3,8-9H2,1-2H3. The third kappa shape index (κ3) is 3.08. The number of fused-ring (bicyclic) bond motifs is 1. The average Bonchev–Trinajstić information content (AvgIpc) is 3.04. The molecule has 0 atom stereocenters. The van der Waals surface area contributed by atoms with Gasteiger partial charge in [-0.15, -0.1) is 15.0 Å². The first-order valence-corrected chi connectivity index (χ1v) is 7.86. The SMILES string of the molecule is CCc1cc(CCC(=O)OC)cc(-n2nc3ccccc3n2)c1O. The van der Waals surface area contributed by atoms with Crippen LogP contribution in [0.5, 0.6) is 5.75 Å². The van der Waals surface area contributed by atoms with Crippen molar-refractivity contribution in [2.24, 2.45) is 0 Å². The van der Waals surface area contributed by atoms with Crippen molar-refractivity contribution >= 4 is 17.0 Å². The molecule has 0 aliphatic carbocycles. The maximum absolute atomic E-state index is 11.4. The zero-order valence-corrected chi connectivity index (χ0v) is 13.7. The molecule has 0 aliphatic heterocycles. The van der Waals surface area contributed by atoms with Crippen LogP contribution in [0.1, 0.15) is 24.5 Å². The Kier molecular flexibility index (Phi) is 4.46. The van der Waals surface area contributed by atoms with E-state index in [1.807, 2.05) is 43.3 Å². The lowest BCUT2D eigenvalue weighted by atomic mass is 10.0. The van der Waals surface area contributed by atoms with Crippen LogP contribution in [0.25, 0.3) is 16.7 Å². The molecule has 0 bridgehead atoms. The summed E-state index contributed by atoms with van der Waals surface area (Å²) >= 11 is 0. The molecule has 6 nitrogen and oxygen atoms in total. The van der Waals surface area contributed by atoms with Gasteiger partial charge in [0.2, 0.25) is 0 Å². The summed E-state index contributed by atoms with van der Waals surface area (Å²) in [7, 11) is 1.38. The number of ether oxygens (including phenoxy) is 1. The molecule has 1 heterocycles. The minimum absolute atomic E-state index is 0.166. The molecule has 6 heteroatoms. The highest BCUT2D eigenvalue weighted by molar-refractivity contribution is 5.74. The Labute approximate surface area is 139 Å². The molecule has 0 spiro atoms. The summed E-state index contributed by atoms with van der Waals surface area (Å²) in [5, 5.41) is 19.4. The summed E-state index contributed by atoms with van der Waals surface area (Å²) in [5.41, 5.74) is 3.77. The number of esters is 1. The fourth-order valence-electron chi connectivity index (χ4n) is 2.62. The van der Waals surface area contributed by atoms with E-state index in [1.54, 1.807) is 0 Å². The van der Waals surface area contributed by atoms with E-state index in [0.717, 1.165) is 22.2 Å². The molecule has 124 valence electrons. The van der Waals surface area contributed by atoms with Gasteiger partial charge in [-0.05, 0) is 42.2 Å². The molecule has 3 aromatic rings. The highest BCUT2D eigenvalue weighted by atomic mass is 16.5. The first-order chi connectivity index (χ1) is 11.6. The van der Waals surface area contributed by atoms with Gasteiger partial charge in [0, 0.05) is 6.42 Å². The van der Waals surface area contributed by atoms with Crippen molar-refractivity contribution in [3.8, 4) is 11.4 Å². The van der Waals surface area contributed by atoms with Crippen molar-refractivity contribution in [3.05, 3.63) is 47.5 Å². The molecule has 0 unspecified atom stereocenters. The molecular weight excluding hydrogens is 306 g/mol.